The molecule has 0 radical (unpaired) electrons. The van der Waals surface area contributed by atoms with Crippen LogP contribution in [0.1, 0.15) is 36.5 Å². The number of piperidine rings is 1. The van der Waals surface area contributed by atoms with Crippen molar-refractivity contribution in [1.29, 1.82) is 0 Å². The average molecular weight is 404 g/mol. The van der Waals surface area contributed by atoms with E-state index < -0.39 is 0 Å². The number of nitrogens with zero attached hydrogens (tertiary/aromatic N) is 1. The first kappa shape index (κ1) is 16.0. The van der Waals surface area contributed by atoms with Gasteiger partial charge in [0.05, 0.1) is 5.56 Å². The van der Waals surface area contributed by atoms with E-state index in [-0.39, 0.29) is 5.91 Å². The zero-order chi connectivity index (χ0) is 14.5. The summed E-state index contributed by atoms with van der Waals surface area (Å²) in [6.07, 6.45) is 3.28. The van der Waals surface area contributed by atoms with Gasteiger partial charge in [-0.1, -0.05) is 22.9 Å². The van der Waals surface area contributed by atoms with Crippen molar-refractivity contribution in [2.45, 2.75) is 32.2 Å². The number of likely N-dealkylation sites (tertiary alicyclic amines) is 1. The van der Waals surface area contributed by atoms with Crippen molar-refractivity contribution >= 4 is 37.8 Å². The van der Waals surface area contributed by atoms with Crippen LogP contribution in [0.5, 0.6) is 0 Å². The second-order valence-corrected chi connectivity index (χ2v) is 6.98. The molecule has 2 rings (SSSR count). The third-order valence-electron chi connectivity index (χ3n) is 3.64. The van der Waals surface area contributed by atoms with Crippen LogP contribution in [0.2, 0.25) is 0 Å². The highest BCUT2D eigenvalue weighted by Crippen LogP contribution is 2.22. The maximum Gasteiger partial charge on any atom is 0.252 e. The molecule has 0 unspecified atom stereocenters. The summed E-state index contributed by atoms with van der Waals surface area (Å²) in [5.41, 5.74) is 0.698. The van der Waals surface area contributed by atoms with E-state index in [1.165, 1.54) is 13.0 Å². The summed E-state index contributed by atoms with van der Waals surface area (Å²) in [5.74, 6) is 0.0123. The Hall–Kier alpha value is -0.390. The van der Waals surface area contributed by atoms with Crippen LogP contribution in [0.15, 0.2) is 27.1 Å². The van der Waals surface area contributed by atoms with Gasteiger partial charge in [0.2, 0.25) is 0 Å². The lowest BCUT2D eigenvalue weighted by atomic mass is 10.0. The van der Waals surface area contributed by atoms with E-state index in [1.807, 2.05) is 18.2 Å². The van der Waals surface area contributed by atoms with Crippen LogP contribution in [0.3, 0.4) is 0 Å². The smallest absolute Gasteiger partial charge is 0.252 e. The van der Waals surface area contributed by atoms with Crippen molar-refractivity contribution in [2.24, 2.45) is 0 Å². The fraction of sp³-hybridized carbons (Fsp3) is 0.533. The lowest BCUT2D eigenvalue weighted by molar-refractivity contribution is 0.0910. The minimum absolute atomic E-state index is 0.0123. The standard InChI is InChI=1S/C15H20Br2N2O/c1-2-7-19-8-5-12(6-9-19)18-15(20)13-4-3-11(16)10-14(13)17/h3-4,10,12H,2,5-9H2,1H3,(H,18,20). The van der Waals surface area contributed by atoms with Crippen LogP contribution in [0.4, 0.5) is 0 Å². The van der Waals surface area contributed by atoms with Crippen LogP contribution >= 0.6 is 31.9 Å². The topological polar surface area (TPSA) is 32.3 Å². The zero-order valence-corrected chi connectivity index (χ0v) is 14.8. The SMILES string of the molecule is CCCN1CCC(NC(=O)c2ccc(Br)cc2Br)CC1. The van der Waals surface area contributed by atoms with Crippen molar-refractivity contribution in [3.8, 4) is 0 Å². The summed E-state index contributed by atoms with van der Waals surface area (Å²) in [6.45, 7) is 5.54. The third-order valence-corrected chi connectivity index (χ3v) is 4.79. The van der Waals surface area contributed by atoms with Gasteiger partial charge in [0.25, 0.3) is 5.91 Å². The molecule has 1 fully saturated rings. The Bertz CT molecular complexity index is 471. The van der Waals surface area contributed by atoms with Gasteiger partial charge in [0.15, 0.2) is 0 Å². The molecule has 1 saturated heterocycles. The Morgan fingerprint density at radius 1 is 1.35 bits per heavy atom. The number of carbonyl (C=O) groups excluding carboxylic acids is 1. The molecule has 0 saturated carbocycles. The minimum Gasteiger partial charge on any atom is -0.349 e. The normalized spacial score (nSPS) is 17.1. The maximum atomic E-state index is 12.3. The number of carbonyl (C=O) groups is 1. The first-order chi connectivity index (χ1) is 9.60. The molecule has 110 valence electrons. The minimum atomic E-state index is 0.0123. The number of nitrogens with one attached hydrogen (secondary N) is 1. The van der Waals surface area contributed by atoms with E-state index in [1.54, 1.807) is 0 Å². The molecular formula is C15H20Br2N2O. The predicted octanol–water partition coefficient (Wildman–Crippen LogP) is 3.82. The maximum absolute atomic E-state index is 12.3. The van der Waals surface area contributed by atoms with Gasteiger partial charge >= 0.3 is 0 Å². The van der Waals surface area contributed by atoms with Crippen LogP contribution in [-0.2, 0) is 0 Å². The average Bonchev–Trinajstić information content (AvgIpc) is 2.41. The van der Waals surface area contributed by atoms with Crippen LogP contribution in [0, 0.1) is 0 Å². The summed E-state index contributed by atoms with van der Waals surface area (Å²) in [4.78, 5) is 14.8. The highest BCUT2D eigenvalue weighted by Gasteiger charge is 2.21. The molecule has 3 nitrogen and oxygen atoms in total. The molecule has 5 heteroatoms. The van der Waals surface area contributed by atoms with Gasteiger partial charge in [-0.15, -0.1) is 0 Å². The lowest BCUT2D eigenvalue weighted by Gasteiger charge is -2.32. The number of hydrogen-bond acceptors (Lipinski definition) is 2. The van der Waals surface area contributed by atoms with Crippen molar-refractivity contribution in [1.82, 2.24) is 10.2 Å². The van der Waals surface area contributed by atoms with Gasteiger partial charge < -0.3 is 10.2 Å². The van der Waals surface area contributed by atoms with Gasteiger partial charge in [-0.2, -0.15) is 0 Å². The summed E-state index contributed by atoms with van der Waals surface area (Å²) in [7, 11) is 0. The van der Waals surface area contributed by atoms with Crippen LogP contribution < -0.4 is 5.32 Å². The summed E-state index contributed by atoms with van der Waals surface area (Å²) in [5, 5.41) is 3.15. The first-order valence-corrected chi connectivity index (χ1v) is 8.67. The Morgan fingerprint density at radius 2 is 2.05 bits per heavy atom. The monoisotopic (exact) mass is 402 g/mol. The highest BCUT2D eigenvalue weighted by atomic mass is 79.9. The second kappa shape index (κ2) is 7.57. The van der Waals surface area contributed by atoms with Crippen LogP contribution in [-0.4, -0.2) is 36.5 Å². The van der Waals surface area contributed by atoms with E-state index in [4.69, 9.17) is 0 Å². The van der Waals surface area contributed by atoms with E-state index in [9.17, 15) is 4.79 Å². The molecule has 1 aromatic carbocycles. The Labute approximate surface area is 137 Å². The molecule has 0 aromatic heterocycles. The molecular weight excluding hydrogens is 384 g/mol. The van der Waals surface area contributed by atoms with Gasteiger partial charge in [-0.25, -0.2) is 0 Å². The molecule has 20 heavy (non-hydrogen) atoms. The number of benzene rings is 1. The Kier molecular flexibility index (Phi) is 6.05. The fourth-order valence-corrected chi connectivity index (χ4v) is 3.78. The quantitative estimate of drug-likeness (QED) is 0.828. The summed E-state index contributed by atoms with van der Waals surface area (Å²) in [6, 6.07) is 5.93. The molecule has 1 heterocycles. The highest BCUT2D eigenvalue weighted by molar-refractivity contribution is 9.11. The van der Waals surface area contributed by atoms with Gasteiger partial charge in [0.1, 0.15) is 0 Å². The zero-order valence-electron chi connectivity index (χ0n) is 11.7. The molecule has 1 aliphatic heterocycles. The Morgan fingerprint density at radius 3 is 2.65 bits per heavy atom. The molecule has 0 spiro atoms. The van der Waals surface area contributed by atoms with E-state index >= 15 is 0 Å². The molecule has 1 aliphatic rings. The second-order valence-electron chi connectivity index (χ2n) is 5.21. The van der Waals surface area contributed by atoms with Crippen molar-refractivity contribution in [3.05, 3.63) is 32.7 Å². The van der Waals surface area contributed by atoms with E-state index in [2.05, 4.69) is 49.0 Å². The number of halogens is 2. The number of rotatable bonds is 4. The third kappa shape index (κ3) is 4.30. The van der Waals surface area contributed by atoms with Gasteiger partial charge in [-0.05, 0) is 59.9 Å². The van der Waals surface area contributed by atoms with Crippen molar-refractivity contribution < 1.29 is 4.79 Å². The fourth-order valence-electron chi connectivity index (χ4n) is 2.55. The summed E-state index contributed by atoms with van der Waals surface area (Å²) < 4.78 is 1.79. The van der Waals surface area contributed by atoms with Gasteiger partial charge in [-0.3, -0.25) is 4.79 Å². The van der Waals surface area contributed by atoms with E-state index in [0.29, 0.717) is 11.6 Å². The molecule has 1 amide bonds. The van der Waals surface area contributed by atoms with Crippen molar-refractivity contribution in [3.63, 3.8) is 0 Å². The molecule has 1 N–H and O–H groups in total. The van der Waals surface area contributed by atoms with Crippen molar-refractivity contribution in [2.75, 3.05) is 19.6 Å². The van der Waals surface area contributed by atoms with Crippen LogP contribution in [0.25, 0.3) is 0 Å². The summed E-state index contributed by atoms with van der Waals surface area (Å²) >= 11 is 6.84. The number of amides is 1. The van der Waals surface area contributed by atoms with E-state index in [0.717, 1.165) is 34.9 Å². The number of hydrogen-bond donors (Lipinski definition) is 1. The molecule has 0 aliphatic carbocycles. The largest absolute Gasteiger partial charge is 0.349 e. The molecule has 1 aromatic rings. The lowest BCUT2D eigenvalue weighted by Crippen LogP contribution is -2.44. The Balaban J connectivity index is 1.89. The predicted molar refractivity (Wildman–Crippen MR) is 89.1 cm³/mol. The van der Waals surface area contributed by atoms with Gasteiger partial charge in [0, 0.05) is 28.1 Å². The molecule has 0 atom stereocenters. The molecule has 0 bridgehead atoms. The first-order valence-electron chi connectivity index (χ1n) is 7.08.